The van der Waals surface area contributed by atoms with E-state index in [1.165, 1.54) is 22.7 Å². The van der Waals surface area contributed by atoms with Crippen molar-refractivity contribution < 1.29 is 14.3 Å². The maximum atomic E-state index is 12.5. The van der Waals surface area contributed by atoms with Crippen LogP contribution >= 0.6 is 22.7 Å². The van der Waals surface area contributed by atoms with Crippen molar-refractivity contribution in [3.05, 3.63) is 52.0 Å². The van der Waals surface area contributed by atoms with Crippen molar-refractivity contribution in [2.45, 2.75) is 25.7 Å². The van der Waals surface area contributed by atoms with E-state index in [4.69, 9.17) is 4.74 Å². The lowest BCUT2D eigenvalue weighted by Crippen LogP contribution is -2.15. The number of thiazole rings is 2. The highest BCUT2D eigenvalue weighted by Gasteiger charge is 2.33. The summed E-state index contributed by atoms with van der Waals surface area (Å²) in [5.74, 6) is -0.907. The maximum Gasteiger partial charge on any atom is 0.315 e. The average Bonchev–Trinajstić information content (AvgIpc) is 3.38. The number of aromatic nitrogens is 2. The Labute approximate surface area is 169 Å². The van der Waals surface area contributed by atoms with Crippen molar-refractivity contribution in [2.24, 2.45) is 0 Å². The van der Waals surface area contributed by atoms with Gasteiger partial charge in [-0.1, -0.05) is 18.2 Å². The molecule has 2 aromatic heterocycles. The van der Waals surface area contributed by atoms with E-state index >= 15 is 0 Å². The molecule has 1 aliphatic rings. The van der Waals surface area contributed by atoms with Crippen molar-refractivity contribution in [3.63, 3.8) is 0 Å². The minimum absolute atomic E-state index is 0.249. The monoisotopic (exact) mass is 414 g/mol. The number of hydrogen-bond donors (Lipinski definition) is 2. The first-order valence-corrected chi connectivity index (χ1v) is 10.6. The van der Waals surface area contributed by atoms with Gasteiger partial charge < -0.3 is 10.1 Å². The van der Waals surface area contributed by atoms with Crippen molar-refractivity contribution in [1.29, 1.82) is 0 Å². The van der Waals surface area contributed by atoms with Gasteiger partial charge in [0, 0.05) is 15.9 Å². The van der Waals surface area contributed by atoms with Gasteiger partial charge >= 0.3 is 5.97 Å². The summed E-state index contributed by atoms with van der Waals surface area (Å²) in [7, 11) is 0. The molecule has 9 heteroatoms. The predicted octanol–water partition coefficient (Wildman–Crippen LogP) is 4.19. The number of carbonyl (C=O) groups excluding carboxylic acids is 2. The van der Waals surface area contributed by atoms with Crippen molar-refractivity contribution in [3.8, 4) is 0 Å². The molecule has 1 aliphatic carbocycles. The van der Waals surface area contributed by atoms with Crippen LogP contribution in [0.5, 0.6) is 0 Å². The Kier molecular flexibility index (Phi) is 5.36. The predicted molar refractivity (Wildman–Crippen MR) is 110 cm³/mol. The van der Waals surface area contributed by atoms with E-state index in [-0.39, 0.29) is 17.8 Å². The quantitative estimate of drug-likeness (QED) is 0.588. The highest BCUT2D eigenvalue weighted by molar-refractivity contribution is 7.16. The number of para-hydroxylation sites is 1. The molecule has 0 spiro atoms. The molecule has 0 saturated heterocycles. The number of aryl methyl sites for hydroxylation is 1. The van der Waals surface area contributed by atoms with Gasteiger partial charge in [-0.2, -0.15) is 0 Å². The second-order valence-electron chi connectivity index (χ2n) is 6.15. The second kappa shape index (κ2) is 8.07. The Balaban J connectivity index is 1.42. The van der Waals surface area contributed by atoms with Gasteiger partial charge in [-0.15, -0.1) is 22.7 Å². The van der Waals surface area contributed by atoms with Gasteiger partial charge in [0.2, 0.25) is 0 Å². The molecule has 2 N–H and O–H groups in total. The minimum atomic E-state index is -0.335. The number of amides is 1. The summed E-state index contributed by atoms with van der Waals surface area (Å²) in [6.45, 7) is 2.14. The Hall–Kier alpha value is -2.78. The van der Waals surface area contributed by atoms with Gasteiger partial charge in [0.15, 0.2) is 10.3 Å². The highest BCUT2D eigenvalue weighted by atomic mass is 32.1. The lowest BCUT2D eigenvalue weighted by molar-refractivity contribution is -0.145. The number of esters is 1. The third-order valence-corrected chi connectivity index (χ3v) is 6.08. The zero-order chi connectivity index (χ0) is 19.5. The Bertz CT molecular complexity index is 1000. The fraction of sp³-hybridized carbons (Fsp3) is 0.263. The van der Waals surface area contributed by atoms with Gasteiger partial charge in [0.25, 0.3) is 5.91 Å². The van der Waals surface area contributed by atoms with Crippen molar-refractivity contribution in [2.75, 3.05) is 17.2 Å². The topological polar surface area (TPSA) is 93.2 Å². The average molecular weight is 415 g/mol. The number of hydrogen-bond acceptors (Lipinski definition) is 8. The molecule has 0 fully saturated rings. The van der Waals surface area contributed by atoms with Crippen LogP contribution in [0.15, 0.2) is 35.7 Å². The molecule has 0 radical (unpaired) electrons. The molecule has 1 aromatic carbocycles. The number of benzene rings is 1. The van der Waals surface area contributed by atoms with Gasteiger partial charge in [-0.25, -0.2) is 9.97 Å². The molecule has 4 rings (SSSR count). The van der Waals surface area contributed by atoms with Crippen LogP contribution in [0.3, 0.4) is 0 Å². The lowest BCUT2D eigenvalue weighted by Gasteiger charge is -2.07. The minimum Gasteiger partial charge on any atom is -0.465 e. The van der Waals surface area contributed by atoms with Gasteiger partial charge in [0.1, 0.15) is 11.6 Å². The molecular weight excluding hydrogens is 396 g/mol. The first-order valence-electron chi connectivity index (χ1n) is 8.89. The fourth-order valence-electron chi connectivity index (χ4n) is 2.99. The summed E-state index contributed by atoms with van der Waals surface area (Å²) >= 11 is 2.76. The van der Waals surface area contributed by atoms with Crippen LogP contribution in [0.4, 0.5) is 16.0 Å². The van der Waals surface area contributed by atoms with E-state index < -0.39 is 0 Å². The van der Waals surface area contributed by atoms with Gasteiger partial charge in [0.05, 0.1) is 12.3 Å². The maximum absolute atomic E-state index is 12.5. The molecule has 0 aliphatic heterocycles. The Morgan fingerprint density at radius 2 is 2.04 bits per heavy atom. The van der Waals surface area contributed by atoms with Crippen molar-refractivity contribution >= 4 is 50.5 Å². The number of rotatable bonds is 6. The zero-order valence-electron chi connectivity index (χ0n) is 15.1. The third-order valence-electron chi connectivity index (χ3n) is 4.27. The standard InChI is InChI=1S/C19H18N4O3S2/c1-2-26-17(25)12-8-9-14-15(12)22-19(28-14)23-16(24)13-10-27-18(21-13)20-11-6-4-3-5-7-11/h3-7,10,12H,2,8-9H2,1H3,(H,20,21)(H,22,23,24)/t12-/m0/s1. The molecule has 0 unspecified atom stereocenters. The van der Waals surface area contributed by atoms with Crippen LogP contribution in [-0.2, 0) is 16.0 Å². The number of fused-ring (bicyclic) bond motifs is 1. The van der Waals surface area contributed by atoms with Crippen molar-refractivity contribution in [1.82, 2.24) is 9.97 Å². The van der Waals surface area contributed by atoms with Crippen LogP contribution in [0.1, 0.15) is 40.3 Å². The summed E-state index contributed by atoms with van der Waals surface area (Å²) in [5, 5.41) is 8.77. The first-order chi connectivity index (χ1) is 13.6. The molecule has 144 valence electrons. The molecular formula is C19H18N4O3S2. The molecule has 0 bridgehead atoms. The molecule has 1 atom stereocenters. The number of nitrogens with zero attached hydrogens (tertiary/aromatic N) is 2. The van der Waals surface area contributed by atoms with E-state index in [1.807, 2.05) is 30.3 Å². The summed E-state index contributed by atoms with van der Waals surface area (Å²) in [5.41, 5.74) is 1.95. The fourth-order valence-corrected chi connectivity index (χ4v) is 4.74. The van der Waals surface area contributed by atoms with Crippen LogP contribution in [0.25, 0.3) is 0 Å². The van der Waals surface area contributed by atoms with E-state index in [0.29, 0.717) is 29.0 Å². The lowest BCUT2D eigenvalue weighted by atomic mass is 10.1. The first kappa shape index (κ1) is 18.6. The van der Waals surface area contributed by atoms with Crippen LogP contribution < -0.4 is 10.6 Å². The molecule has 0 saturated carbocycles. The molecule has 2 heterocycles. The zero-order valence-corrected chi connectivity index (χ0v) is 16.7. The molecule has 3 aromatic rings. The number of carbonyl (C=O) groups is 2. The third kappa shape index (κ3) is 3.90. The summed E-state index contributed by atoms with van der Waals surface area (Å²) < 4.78 is 5.12. The number of anilines is 3. The normalized spacial score (nSPS) is 15.1. The van der Waals surface area contributed by atoms with Crippen LogP contribution in [-0.4, -0.2) is 28.5 Å². The number of ether oxygens (including phenoxy) is 1. The highest BCUT2D eigenvalue weighted by Crippen LogP contribution is 2.39. The number of nitrogens with one attached hydrogen (secondary N) is 2. The Morgan fingerprint density at radius 3 is 2.82 bits per heavy atom. The van der Waals surface area contributed by atoms with Gasteiger partial charge in [-0.05, 0) is 31.9 Å². The SMILES string of the molecule is CCOC(=O)[C@H]1CCc2sc(NC(=O)c3csc(Nc4ccccc4)n3)nc21. The van der Waals surface area contributed by atoms with Gasteiger partial charge in [-0.3, -0.25) is 14.9 Å². The summed E-state index contributed by atoms with van der Waals surface area (Å²) in [4.78, 5) is 34.4. The molecule has 1 amide bonds. The molecule has 28 heavy (non-hydrogen) atoms. The second-order valence-corrected chi connectivity index (χ2v) is 8.10. The Morgan fingerprint density at radius 1 is 1.21 bits per heavy atom. The van der Waals surface area contributed by atoms with E-state index in [1.54, 1.807) is 12.3 Å². The van der Waals surface area contributed by atoms with Crippen LogP contribution in [0.2, 0.25) is 0 Å². The summed E-state index contributed by atoms with van der Waals surface area (Å²) in [6.07, 6.45) is 1.48. The smallest absolute Gasteiger partial charge is 0.315 e. The largest absolute Gasteiger partial charge is 0.465 e. The van der Waals surface area contributed by atoms with Crippen LogP contribution in [0, 0.1) is 0 Å². The van der Waals surface area contributed by atoms with E-state index in [0.717, 1.165) is 22.7 Å². The van der Waals surface area contributed by atoms with E-state index in [9.17, 15) is 9.59 Å². The molecule has 7 nitrogen and oxygen atoms in total. The summed E-state index contributed by atoms with van der Waals surface area (Å²) in [6, 6.07) is 9.64. The van der Waals surface area contributed by atoms with E-state index in [2.05, 4.69) is 20.6 Å².